The van der Waals surface area contributed by atoms with Gasteiger partial charge in [0.15, 0.2) is 5.78 Å². The molecule has 0 unspecified atom stereocenters. The van der Waals surface area contributed by atoms with Gasteiger partial charge in [-0.3, -0.25) is 9.59 Å². The summed E-state index contributed by atoms with van der Waals surface area (Å²) < 4.78 is 1.74. The lowest BCUT2D eigenvalue weighted by Gasteiger charge is -2.10. The molecular weight excluding hydrogens is 350 g/mol. The Bertz CT molecular complexity index is 991. The first-order chi connectivity index (χ1) is 12.4. The van der Waals surface area contributed by atoms with E-state index in [1.165, 1.54) is 6.92 Å². The molecule has 5 nitrogen and oxygen atoms in total. The molecule has 3 aromatic rings. The fraction of sp³-hybridized carbons (Fsp3) is 0.150. The fourth-order valence-electron chi connectivity index (χ4n) is 2.72. The summed E-state index contributed by atoms with van der Waals surface area (Å²) in [5.41, 5.74) is 3.88. The van der Waals surface area contributed by atoms with Crippen LogP contribution in [0.15, 0.2) is 48.5 Å². The molecule has 3 rings (SSSR count). The molecule has 0 spiro atoms. The first-order valence-electron chi connectivity index (χ1n) is 8.12. The van der Waals surface area contributed by atoms with Gasteiger partial charge in [-0.15, -0.1) is 0 Å². The third-order valence-electron chi connectivity index (χ3n) is 4.13. The van der Waals surface area contributed by atoms with Gasteiger partial charge in [-0.2, -0.15) is 5.10 Å². The summed E-state index contributed by atoms with van der Waals surface area (Å²) in [4.78, 5) is 24.2. The largest absolute Gasteiger partial charge is 0.321 e. The Kier molecular flexibility index (Phi) is 4.91. The van der Waals surface area contributed by atoms with Gasteiger partial charge >= 0.3 is 0 Å². The van der Waals surface area contributed by atoms with E-state index in [0.717, 1.165) is 17.1 Å². The standard InChI is InChI=1S/C20H18ClN3O2/c1-12-19(21)13(2)24(23-12)16-10-8-15(9-11-16)20(26)22-18-7-5-4-6-17(18)14(3)25/h4-11H,1-3H3,(H,22,26). The Morgan fingerprint density at radius 2 is 1.69 bits per heavy atom. The van der Waals surface area contributed by atoms with Gasteiger partial charge in [-0.05, 0) is 57.2 Å². The number of para-hydroxylation sites is 1. The molecule has 6 heteroatoms. The van der Waals surface area contributed by atoms with Crippen LogP contribution in [0, 0.1) is 13.8 Å². The second-order valence-electron chi connectivity index (χ2n) is 6.00. The molecular formula is C20H18ClN3O2. The Hall–Kier alpha value is -2.92. The van der Waals surface area contributed by atoms with Crippen LogP contribution in [0.4, 0.5) is 5.69 Å². The number of rotatable bonds is 4. The van der Waals surface area contributed by atoms with Gasteiger partial charge in [-0.1, -0.05) is 23.7 Å². The SMILES string of the molecule is CC(=O)c1ccccc1NC(=O)c1ccc(-n2nc(C)c(Cl)c2C)cc1. The van der Waals surface area contributed by atoms with E-state index in [9.17, 15) is 9.59 Å². The van der Waals surface area contributed by atoms with E-state index < -0.39 is 0 Å². The van der Waals surface area contributed by atoms with Crippen LogP contribution in [-0.4, -0.2) is 21.5 Å². The summed E-state index contributed by atoms with van der Waals surface area (Å²) in [5, 5.41) is 7.82. The van der Waals surface area contributed by atoms with E-state index in [2.05, 4.69) is 10.4 Å². The second kappa shape index (κ2) is 7.14. The smallest absolute Gasteiger partial charge is 0.255 e. The van der Waals surface area contributed by atoms with Crippen molar-refractivity contribution < 1.29 is 9.59 Å². The van der Waals surface area contributed by atoms with Crippen LogP contribution < -0.4 is 5.32 Å². The fourth-order valence-corrected chi connectivity index (χ4v) is 2.84. The van der Waals surface area contributed by atoms with Crippen molar-refractivity contribution in [2.24, 2.45) is 0 Å². The Balaban J connectivity index is 1.84. The zero-order chi connectivity index (χ0) is 18.8. The molecule has 0 aliphatic rings. The van der Waals surface area contributed by atoms with E-state index in [0.29, 0.717) is 21.8 Å². The molecule has 1 amide bonds. The maximum Gasteiger partial charge on any atom is 0.255 e. The number of benzene rings is 2. The lowest BCUT2D eigenvalue weighted by molar-refractivity contribution is 0.101. The number of nitrogens with one attached hydrogen (secondary N) is 1. The van der Waals surface area contributed by atoms with Crippen LogP contribution in [0.1, 0.15) is 39.0 Å². The summed E-state index contributed by atoms with van der Waals surface area (Å²) in [7, 11) is 0. The lowest BCUT2D eigenvalue weighted by Crippen LogP contribution is -2.14. The number of hydrogen-bond donors (Lipinski definition) is 1. The van der Waals surface area contributed by atoms with Crippen molar-refractivity contribution in [1.82, 2.24) is 9.78 Å². The number of halogens is 1. The number of carbonyl (C=O) groups excluding carboxylic acids is 2. The van der Waals surface area contributed by atoms with Gasteiger partial charge in [0, 0.05) is 11.1 Å². The zero-order valence-electron chi connectivity index (χ0n) is 14.7. The van der Waals surface area contributed by atoms with E-state index in [1.54, 1.807) is 41.1 Å². The highest BCUT2D eigenvalue weighted by Crippen LogP contribution is 2.23. The average molecular weight is 368 g/mol. The van der Waals surface area contributed by atoms with Gasteiger partial charge in [0.25, 0.3) is 5.91 Å². The predicted octanol–water partition coefficient (Wildman–Crippen LogP) is 4.60. The predicted molar refractivity (Wildman–Crippen MR) is 102 cm³/mol. The molecule has 0 atom stereocenters. The highest BCUT2D eigenvalue weighted by atomic mass is 35.5. The van der Waals surface area contributed by atoms with E-state index in [1.807, 2.05) is 26.0 Å². The molecule has 1 aromatic heterocycles. The van der Waals surface area contributed by atoms with E-state index in [4.69, 9.17) is 11.6 Å². The van der Waals surface area contributed by atoms with Crippen molar-refractivity contribution in [3.63, 3.8) is 0 Å². The quantitative estimate of drug-likeness (QED) is 0.685. The molecule has 0 bridgehead atoms. The number of aryl methyl sites for hydroxylation is 1. The molecule has 0 aliphatic carbocycles. The van der Waals surface area contributed by atoms with Crippen molar-refractivity contribution in [1.29, 1.82) is 0 Å². The second-order valence-corrected chi connectivity index (χ2v) is 6.38. The first kappa shape index (κ1) is 17.9. The minimum Gasteiger partial charge on any atom is -0.321 e. The van der Waals surface area contributed by atoms with Gasteiger partial charge in [0.1, 0.15) is 0 Å². The summed E-state index contributed by atoms with van der Waals surface area (Å²) in [5.74, 6) is -0.380. The number of carbonyl (C=O) groups is 2. The van der Waals surface area contributed by atoms with E-state index >= 15 is 0 Å². The van der Waals surface area contributed by atoms with Crippen LogP contribution in [0.3, 0.4) is 0 Å². The number of anilines is 1. The van der Waals surface area contributed by atoms with Crippen molar-refractivity contribution in [2.75, 3.05) is 5.32 Å². The van der Waals surface area contributed by atoms with Crippen LogP contribution in [0.25, 0.3) is 5.69 Å². The number of hydrogen-bond acceptors (Lipinski definition) is 3. The van der Waals surface area contributed by atoms with Crippen molar-refractivity contribution >= 4 is 29.0 Å². The van der Waals surface area contributed by atoms with E-state index in [-0.39, 0.29) is 11.7 Å². The van der Waals surface area contributed by atoms with Crippen molar-refractivity contribution in [3.05, 3.63) is 76.1 Å². The van der Waals surface area contributed by atoms with Gasteiger partial charge in [0.05, 0.1) is 27.8 Å². The molecule has 0 fully saturated rings. The molecule has 0 saturated heterocycles. The highest BCUT2D eigenvalue weighted by molar-refractivity contribution is 6.31. The minimum absolute atomic E-state index is 0.0994. The summed E-state index contributed by atoms with van der Waals surface area (Å²) in [6, 6.07) is 14.0. The van der Waals surface area contributed by atoms with Crippen LogP contribution in [-0.2, 0) is 0 Å². The van der Waals surface area contributed by atoms with Crippen LogP contribution in [0.2, 0.25) is 5.02 Å². The minimum atomic E-state index is -0.281. The summed E-state index contributed by atoms with van der Waals surface area (Å²) >= 11 is 6.19. The summed E-state index contributed by atoms with van der Waals surface area (Å²) in [6.07, 6.45) is 0. The summed E-state index contributed by atoms with van der Waals surface area (Å²) in [6.45, 7) is 5.21. The van der Waals surface area contributed by atoms with Gasteiger partial charge in [0.2, 0.25) is 0 Å². The van der Waals surface area contributed by atoms with Gasteiger partial charge < -0.3 is 5.32 Å². The molecule has 1 N–H and O–H groups in total. The average Bonchev–Trinajstić information content (AvgIpc) is 2.89. The number of ketones is 1. The third kappa shape index (κ3) is 3.39. The molecule has 2 aromatic carbocycles. The first-order valence-corrected chi connectivity index (χ1v) is 8.49. The normalized spacial score (nSPS) is 10.6. The van der Waals surface area contributed by atoms with Crippen LogP contribution >= 0.6 is 11.6 Å². The number of aromatic nitrogens is 2. The Morgan fingerprint density at radius 1 is 1.04 bits per heavy atom. The molecule has 0 radical (unpaired) electrons. The topological polar surface area (TPSA) is 64.0 Å². The molecule has 0 saturated carbocycles. The molecule has 26 heavy (non-hydrogen) atoms. The van der Waals surface area contributed by atoms with Crippen molar-refractivity contribution in [3.8, 4) is 5.69 Å². The molecule has 132 valence electrons. The maximum absolute atomic E-state index is 12.5. The number of amides is 1. The van der Waals surface area contributed by atoms with Crippen LogP contribution in [0.5, 0.6) is 0 Å². The van der Waals surface area contributed by atoms with Gasteiger partial charge in [-0.25, -0.2) is 4.68 Å². The number of nitrogens with zero attached hydrogens (tertiary/aromatic N) is 2. The monoisotopic (exact) mass is 367 g/mol. The molecule has 0 aliphatic heterocycles. The Labute approximate surface area is 156 Å². The molecule has 1 heterocycles. The maximum atomic E-state index is 12.5. The Morgan fingerprint density at radius 3 is 2.27 bits per heavy atom. The lowest BCUT2D eigenvalue weighted by atomic mass is 10.1. The highest BCUT2D eigenvalue weighted by Gasteiger charge is 2.13. The number of Topliss-reactive ketones (excluding diaryl/α,β-unsaturated/α-hetero) is 1. The third-order valence-corrected chi connectivity index (χ3v) is 4.68. The zero-order valence-corrected chi connectivity index (χ0v) is 15.5. The van der Waals surface area contributed by atoms with Crippen molar-refractivity contribution in [2.45, 2.75) is 20.8 Å².